The Balaban J connectivity index is 1.37. The van der Waals surface area contributed by atoms with Gasteiger partial charge in [0.15, 0.2) is 0 Å². The molecular weight excluding hydrogens is 252 g/mol. The first-order valence-corrected chi connectivity index (χ1v) is 9.47. The Bertz CT molecular complexity index is 561. The summed E-state index contributed by atoms with van der Waals surface area (Å²) in [5.41, 5.74) is 1.66. The molecule has 4 bridgehead atoms. The second-order valence-electron chi connectivity index (χ2n) is 8.89. The fourth-order valence-corrected chi connectivity index (χ4v) is 8.40. The van der Waals surface area contributed by atoms with Crippen LogP contribution in [0.5, 0.6) is 0 Å². The lowest BCUT2D eigenvalue weighted by atomic mass is 9.61. The van der Waals surface area contributed by atoms with E-state index in [1.807, 2.05) is 0 Å². The Kier molecular flexibility index (Phi) is 2.21. The van der Waals surface area contributed by atoms with Crippen molar-refractivity contribution in [1.29, 1.82) is 0 Å². The van der Waals surface area contributed by atoms with Crippen LogP contribution in [0, 0.1) is 47.3 Å². The van der Waals surface area contributed by atoms with E-state index in [1.54, 1.807) is 37.7 Å². The maximum Gasteiger partial charge on any atom is -0.0128 e. The van der Waals surface area contributed by atoms with Crippen molar-refractivity contribution in [3.05, 3.63) is 35.9 Å². The van der Waals surface area contributed by atoms with Crippen molar-refractivity contribution in [2.45, 2.75) is 44.4 Å². The Labute approximate surface area is 128 Å². The van der Waals surface area contributed by atoms with E-state index in [0.29, 0.717) is 0 Å². The quantitative estimate of drug-likeness (QED) is 0.626. The summed E-state index contributed by atoms with van der Waals surface area (Å²) in [4.78, 5) is 0. The third-order valence-corrected chi connectivity index (χ3v) is 8.62. The van der Waals surface area contributed by atoms with E-state index in [1.165, 1.54) is 24.2 Å². The van der Waals surface area contributed by atoms with Crippen LogP contribution in [0.1, 0.15) is 50.0 Å². The Morgan fingerprint density at radius 1 is 0.667 bits per heavy atom. The fraction of sp³-hybridized carbons (Fsp3) is 0.714. The summed E-state index contributed by atoms with van der Waals surface area (Å²) < 4.78 is 0. The molecule has 9 atom stereocenters. The number of hydrogen-bond acceptors (Lipinski definition) is 0. The molecule has 6 rings (SSSR count). The van der Waals surface area contributed by atoms with Gasteiger partial charge in [0, 0.05) is 0 Å². The fourth-order valence-electron chi connectivity index (χ4n) is 8.40. The molecule has 0 aliphatic heterocycles. The minimum absolute atomic E-state index is 0.914. The smallest absolute Gasteiger partial charge is 0.0128 e. The molecule has 5 fully saturated rings. The predicted molar refractivity (Wildman–Crippen MR) is 84.8 cm³/mol. The number of hydrogen-bond donors (Lipinski definition) is 0. The minimum Gasteiger partial charge on any atom is -0.0622 e. The van der Waals surface area contributed by atoms with Gasteiger partial charge in [0.1, 0.15) is 0 Å². The number of benzene rings is 1. The molecule has 0 radical (unpaired) electrons. The molecule has 1 aromatic carbocycles. The average molecular weight is 278 g/mol. The third kappa shape index (κ3) is 1.34. The second kappa shape index (κ2) is 3.94. The molecule has 0 heterocycles. The lowest BCUT2D eigenvalue weighted by molar-refractivity contribution is 0.0624. The van der Waals surface area contributed by atoms with E-state index >= 15 is 0 Å². The molecule has 110 valence electrons. The van der Waals surface area contributed by atoms with Crippen molar-refractivity contribution in [3.63, 3.8) is 0 Å². The second-order valence-corrected chi connectivity index (χ2v) is 8.89. The highest BCUT2D eigenvalue weighted by molar-refractivity contribution is 5.27. The summed E-state index contributed by atoms with van der Waals surface area (Å²) in [5.74, 6) is 10.0. The summed E-state index contributed by atoms with van der Waals surface area (Å²) in [6.07, 6.45) is 9.48. The van der Waals surface area contributed by atoms with Gasteiger partial charge in [-0.25, -0.2) is 0 Å². The first-order valence-electron chi connectivity index (χ1n) is 9.47. The van der Waals surface area contributed by atoms with E-state index < -0.39 is 0 Å². The van der Waals surface area contributed by atoms with E-state index in [4.69, 9.17) is 0 Å². The van der Waals surface area contributed by atoms with Crippen molar-refractivity contribution in [1.82, 2.24) is 0 Å². The summed E-state index contributed by atoms with van der Waals surface area (Å²) in [6, 6.07) is 11.5. The van der Waals surface area contributed by atoms with Gasteiger partial charge in [0.2, 0.25) is 0 Å². The molecular formula is C21H26. The van der Waals surface area contributed by atoms with Gasteiger partial charge in [-0.05, 0) is 90.9 Å². The van der Waals surface area contributed by atoms with E-state index in [9.17, 15) is 0 Å². The third-order valence-electron chi connectivity index (χ3n) is 8.62. The van der Waals surface area contributed by atoms with Gasteiger partial charge in [-0.15, -0.1) is 0 Å². The van der Waals surface area contributed by atoms with Crippen LogP contribution in [-0.2, 0) is 0 Å². The minimum atomic E-state index is 0.914. The summed E-state index contributed by atoms with van der Waals surface area (Å²) in [6.45, 7) is 0. The lowest BCUT2D eigenvalue weighted by Gasteiger charge is -2.43. The molecule has 0 nitrogen and oxygen atoms in total. The van der Waals surface area contributed by atoms with Crippen molar-refractivity contribution in [2.75, 3.05) is 0 Å². The van der Waals surface area contributed by atoms with Gasteiger partial charge in [-0.2, -0.15) is 0 Å². The molecule has 5 saturated carbocycles. The van der Waals surface area contributed by atoms with Gasteiger partial charge in [-0.3, -0.25) is 0 Å². The van der Waals surface area contributed by atoms with Crippen molar-refractivity contribution in [2.24, 2.45) is 47.3 Å². The standard InChI is InChI=1S/C21H26/c1-2-5-12(6-3-1)16-9-13-10-17(16)21-19-11-18(20(13)21)14-7-4-8-15(14)19/h1-3,5-6,13-21H,4,7-11H2. The maximum absolute atomic E-state index is 2.41. The Morgan fingerprint density at radius 3 is 2.24 bits per heavy atom. The lowest BCUT2D eigenvalue weighted by Crippen LogP contribution is -2.38. The summed E-state index contributed by atoms with van der Waals surface area (Å²) in [5, 5.41) is 0. The van der Waals surface area contributed by atoms with Gasteiger partial charge in [-0.1, -0.05) is 36.8 Å². The zero-order chi connectivity index (χ0) is 13.6. The van der Waals surface area contributed by atoms with Gasteiger partial charge < -0.3 is 0 Å². The SMILES string of the molecule is c1ccc(C2CC3CC2C2C4CC(C5CCCC54)C32)cc1. The summed E-state index contributed by atoms with van der Waals surface area (Å²) in [7, 11) is 0. The molecule has 0 amide bonds. The van der Waals surface area contributed by atoms with Crippen molar-refractivity contribution < 1.29 is 0 Å². The van der Waals surface area contributed by atoms with Gasteiger partial charge >= 0.3 is 0 Å². The average Bonchev–Trinajstić information content (AvgIpc) is 3.28. The molecule has 21 heavy (non-hydrogen) atoms. The molecule has 0 spiro atoms. The van der Waals surface area contributed by atoms with Crippen LogP contribution in [0.25, 0.3) is 0 Å². The highest BCUT2D eigenvalue weighted by Gasteiger charge is 2.67. The monoisotopic (exact) mass is 278 g/mol. The van der Waals surface area contributed by atoms with Crippen LogP contribution in [-0.4, -0.2) is 0 Å². The molecule has 5 aliphatic carbocycles. The molecule has 0 N–H and O–H groups in total. The Hall–Kier alpha value is -0.780. The van der Waals surface area contributed by atoms with E-state index in [2.05, 4.69) is 30.3 Å². The normalized spacial score (nSPS) is 55.9. The molecule has 0 heteroatoms. The molecule has 5 aliphatic rings. The summed E-state index contributed by atoms with van der Waals surface area (Å²) >= 11 is 0. The number of rotatable bonds is 1. The van der Waals surface area contributed by atoms with Crippen LogP contribution >= 0.6 is 0 Å². The van der Waals surface area contributed by atoms with E-state index in [0.717, 1.165) is 35.5 Å². The van der Waals surface area contributed by atoms with Gasteiger partial charge in [0.05, 0.1) is 0 Å². The maximum atomic E-state index is 2.41. The zero-order valence-electron chi connectivity index (χ0n) is 12.8. The molecule has 9 unspecified atom stereocenters. The van der Waals surface area contributed by atoms with Crippen LogP contribution in [0.15, 0.2) is 30.3 Å². The zero-order valence-corrected chi connectivity index (χ0v) is 12.8. The highest BCUT2D eigenvalue weighted by atomic mass is 14.7. The van der Waals surface area contributed by atoms with Crippen LogP contribution < -0.4 is 0 Å². The number of fused-ring (bicyclic) bond motifs is 12. The largest absolute Gasteiger partial charge is 0.0622 e. The molecule has 0 aromatic heterocycles. The van der Waals surface area contributed by atoms with Crippen molar-refractivity contribution in [3.8, 4) is 0 Å². The van der Waals surface area contributed by atoms with Crippen LogP contribution in [0.3, 0.4) is 0 Å². The van der Waals surface area contributed by atoms with Crippen LogP contribution in [0.4, 0.5) is 0 Å². The molecule has 1 aromatic rings. The first kappa shape index (κ1) is 11.7. The van der Waals surface area contributed by atoms with Crippen molar-refractivity contribution >= 4 is 0 Å². The Morgan fingerprint density at radius 2 is 1.43 bits per heavy atom. The predicted octanol–water partition coefficient (Wildman–Crippen LogP) is 5.11. The van der Waals surface area contributed by atoms with E-state index in [-0.39, 0.29) is 0 Å². The molecule has 0 saturated heterocycles. The van der Waals surface area contributed by atoms with Crippen LogP contribution in [0.2, 0.25) is 0 Å². The first-order chi connectivity index (χ1) is 10.4. The topological polar surface area (TPSA) is 0 Å². The van der Waals surface area contributed by atoms with Gasteiger partial charge in [0.25, 0.3) is 0 Å². The highest BCUT2D eigenvalue weighted by Crippen LogP contribution is 2.74.